The fourth-order valence-electron chi connectivity index (χ4n) is 1.83. The van der Waals surface area contributed by atoms with Gasteiger partial charge in [-0.05, 0) is 32.9 Å². The Bertz CT molecular complexity index is 629. The molecule has 0 fully saturated rings. The van der Waals surface area contributed by atoms with Gasteiger partial charge in [-0.15, -0.1) is 0 Å². The number of carbonyl (C=O) groups is 3. The molecule has 0 aliphatic carbocycles. The standard InChI is InChI=1S/C17H24ClN3O4/c1-17(2,3)25-16(24)19-10-9-15(23)21(4)11-14(22)20-13-8-6-5-7-12(13)18/h5-8H,9-11H2,1-4H3,(H,19,24)(H,20,22). The number of hydrogen-bond donors (Lipinski definition) is 2. The fourth-order valence-corrected chi connectivity index (χ4v) is 2.02. The maximum Gasteiger partial charge on any atom is 0.407 e. The van der Waals surface area contributed by atoms with Crippen LogP contribution in [0.15, 0.2) is 24.3 Å². The fraction of sp³-hybridized carbons (Fsp3) is 0.471. The number of carbonyl (C=O) groups excluding carboxylic acids is 3. The summed E-state index contributed by atoms with van der Waals surface area (Å²) in [5.74, 6) is -0.630. The van der Waals surface area contributed by atoms with E-state index in [0.29, 0.717) is 10.7 Å². The number of hydrogen-bond acceptors (Lipinski definition) is 4. The van der Waals surface area contributed by atoms with Crippen LogP contribution in [0.4, 0.5) is 10.5 Å². The Morgan fingerprint density at radius 1 is 1.20 bits per heavy atom. The maximum absolute atomic E-state index is 12.0. The summed E-state index contributed by atoms with van der Waals surface area (Å²) < 4.78 is 5.07. The van der Waals surface area contributed by atoms with Crippen LogP contribution in [-0.2, 0) is 14.3 Å². The molecule has 1 rings (SSSR count). The zero-order valence-corrected chi connectivity index (χ0v) is 15.6. The summed E-state index contributed by atoms with van der Waals surface area (Å²) in [5, 5.41) is 5.56. The predicted molar refractivity (Wildman–Crippen MR) is 96.6 cm³/mol. The lowest BCUT2D eigenvalue weighted by Gasteiger charge is -2.20. The van der Waals surface area contributed by atoms with E-state index < -0.39 is 11.7 Å². The number of anilines is 1. The number of likely N-dealkylation sites (N-methyl/N-ethyl adjacent to an activating group) is 1. The van der Waals surface area contributed by atoms with Gasteiger partial charge >= 0.3 is 6.09 Å². The van der Waals surface area contributed by atoms with Crippen LogP contribution in [0, 0.1) is 0 Å². The van der Waals surface area contributed by atoms with Crippen LogP contribution in [-0.4, -0.2) is 48.5 Å². The monoisotopic (exact) mass is 369 g/mol. The molecule has 0 spiro atoms. The number of rotatable bonds is 6. The zero-order valence-electron chi connectivity index (χ0n) is 14.9. The van der Waals surface area contributed by atoms with Gasteiger partial charge in [-0.1, -0.05) is 23.7 Å². The average molecular weight is 370 g/mol. The highest BCUT2D eigenvalue weighted by Crippen LogP contribution is 2.20. The number of halogens is 1. The summed E-state index contributed by atoms with van der Waals surface area (Å²) in [7, 11) is 1.52. The first-order valence-electron chi connectivity index (χ1n) is 7.83. The van der Waals surface area contributed by atoms with Crippen molar-refractivity contribution in [3.63, 3.8) is 0 Å². The normalized spacial score (nSPS) is 10.8. The Balaban J connectivity index is 2.35. The van der Waals surface area contributed by atoms with Gasteiger partial charge in [-0.2, -0.15) is 0 Å². The molecule has 1 aromatic carbocycles. The molecule has 0 aromatic heterocycles. The number of para-hydroxylation sites is 1. The van der Waals surface area contributed by atoms with Crippen molar-refractivity contribution >= 4 is 35.2 Å². The molecule has 3 amide bonds. The summed E-state index contributed by atoms with van der Waals surface area (Å²) in [5.41, 5.74) is -0.108. The Labute approximate surface area is 152 Å². The lowest BCUT2D eigenvalue weighted by Crippen LogP contribution is -2.38. The highest BCUT2D eigenvalue weighted by molar-refractivity contribution is 6.33. The lowest BCUT2D eigenvalue weighted by molar-refractivity contribution is -0.133. The molecule has 0 saturated carbocycles. The van der Waals surface area contributed by atoms with Gasteiger partial charge in [0, 0.05) is 20.0 Å². The second-order valence-electron chi connectivity index (χ2n) is 6.46. The van der Waals surface area contributed by atoms with E-state index in [4.69, 9.17) is 16.3 Å². The topological polar surface area (TPSA) is 87.7 Å². The first-order chi connectivity index (χ1) is 11.6. The minimum absolute atomic E-state index is 0.0646. The summed E-state index contributed by atoms with van der Waals surface area (Å²) in [6.07, 6.45) is -0.519. The van der Waals surface area contributed by atoms with Crippen molar-refractivity contribution in [2.75, 3.05) is 25.5 Å². The molecule has 0 heterocycles. The van der Waals surface area contributed by atoms with Gasteiger partial charge in [0.2, 0.25) is 11.8 Å². The van der Waals surface area contributed by atoms with Gasteiger partial charge < -0.3 is 20.3 Å². The number of benzene rings is 1. The number of nitrogens with one attached hydrogen (secondary N) is 2. The quantitative estimate of drug-likeness (QED) is 0.806. The summed E-state index contributed by atoms with van der Waals surface area (Å²) in [4.78, 5) is 36.7. The second kappa shape index (κ2) is 9.27. The molecule has 0 bridgehead atoms. The maximum atomic E-state index is 12.0. The smallest absolute Gasteiger partial charge is 0.407 e. The van der Waals surface area contributed by atoms with Crippen LogP contribution < -0.4 is 10.6 Å². The van der Waals surface area contributed by atoms with Crippen LogP contribution >= 0.6 is 11.6 Å². The molecule has 0 radical (unpaired) electrons. The SMILES string of the molecule is CN(CC(=O)Nc1ccccc1Cl)C(=O)CCNC(=O)OC(C)(C)C. The molecule has 0 unspecified atom stereocenters. The van der Waals surface area contributed by atoms with Gasteiger partial charge in [-0.25, -0.2) is 4.79 Å². The molecule has 8 heteroatoms. The highest BCUT2D eigenvalue weighted by Gasteiger charge is 2.17. The minimum Gasteiger partial charge on any atom is -0.444 e. The van der Waals surface area contributed by atoms with E-state index in [9.17, 15) is 14.4 Å². The van der Waals surface area contributed by atoms with E-state index in [-0.39, 0.29) is 31.3 Å². The Kier molecular flexibility index (Phi) is 7.70. The third-order valence-electron chi connectivity index (χ3n) is 2.96. The molecule has 0 atom stereocenters. The molecule has 0 saturated heterocycles. The van der Waals surface area contributed by atoms with Crippen LogP contribution in [0.3, 0.4) is 0 Å². The van der Waals surface area contributed by atoms with Crippen LogP contribution in [0.25, 0.3) is 0 Å². The minimum atomic E-state index is -0.596. The van der Waals surface area contributed by atoms with E-state index >= 15 is 0 Å². The molecule has 1 aromatic rings. The summed E-state index contributed by atoms with van der Waals surface area (Å²) in [6.45, 7) is 5.27. The number of ether oxygens (including phenoxy) is 1. The van der Waals surface area contributed by atoms with Crippen molar-refractivity contribution in [3.05, 3.63) is 29.3 Å². The van der Waals surface area contributed by atoms with E-state index in [1.807, 2.05) is 0 Å². The Hall–Kier alpha value is -2.28. The number of amides is 3. The largest absolute Gasteiger partial charge is 0.444 e. The Morgan fingerprint density at radius 2 is 1.84 bits per heavy atom. The predicted octanol–water partition coefficient (Wildman–Crippen LogP) is 2.65. The molecular weight excluding hydrogens is 346 g/mol. The van der Waals surface area contributed by atoms with Crippen molar-refractivity contribution in [2.45, 2.75) is 32.8 Å². The van der Waals surface area contributed by atoms with E-state index in [0.717, 1.165) is 0 Å². The van der Waals surface area contributed by atoms with E-state index in [1.54, 1.807) is 45.0 Å². The van der Waals surface area contributed by atoms with Crippen LogP contribution in [0.5, 0.6) is 0 Å². The zero-order chi connectivity index (χ0) is 19.0. The number of alkyl carbamates (subject to hydrolysis) is 1. The summed E-state index contributed by atoms with van der Waals surface area (Å²) in [6, 6.07) is 6.84. The summed E-state index contributed by atoms with van der Waals surface area (Å²) >= 11 is 5.96. The van der Waals surface area contributed by atoms with Gasteiger partial charge in [0.25, 0.3) is 0 Å². The van der Waals surface area contributed by atoms with Crippen LogP contribution in [0.1, 0.15) is 27.2 Å². The molecular formula is C17H24ClN3O4. The molecule has 25 heavy (non-hydrogen) atoms. The first kappa shape index (κ1) is 20.8. The first-order valence-corrected chi connectivity index (χ1v) is 8.21. The molecule has 138 valence electrons. The van der Waals surface area contributed by atoms with Crippen molar-refractivity contribution in [1.82, 2.24) is 10.2 Å². The second-order valence-corrected chi connectivity index (χ2v) is 6.86. The molecule has 0 aliphatic heterocycles. The van der Waals surface area contributed by atoms with Crippen molar-refractivity contribution in [2.24, 2.45) is 0 Å². The lowest BCUT2D eigenvalue weighted by atomic mass is 10.2. The van der Waals surface area contributed by atoms with Crippen molar-refractivity contribution in [1.29, 1.82) is 0 Å². The van der Waals surface area contributed by atoms with Crippen molar-refractivity contribution in [3.8, 4) is 0 Å². The molecule has 7 nitrogen and oxygen atoms in total. The number of nitrogens with zero attached hydrogens (tertiary/aromatic N) is 1. The average Bonchev–Trinajstić information content (AvgIpc) is 2.47. The van der Waals surface area contributed by atoms with Crippen LogP contribution in [0.2, 0.25) is 5.02 Å². The molecule has 2 N–H and O–H groups in total. The van der Waals surface area contributed by atoms with Gasteiger partial charge in [0.15, 0.2) is 0 Å². The third kappa shape index (κ3) is 8.39. The van der Waals surface area contributed by atoms with Gasteiger partial charge in [0.1, 0.15) is 5.60 Å². The van der Waals surface area contributed by atoms with Gasteiger partial charge in [0.05, 0.1) is 17.3 Å². The third-order valence-corrected chi connectivity index (χ3v) is 3.29. The molecule has 0 aliphatic rings. The van der Waals surface area contributed by atoms with Gasteiger partial charge in [-0.3, -0.25) is 9.59 Å². The Morgan fingerprint density at radius 3 is 2.44 bits per heavy atom. The van der Waals surface area contributed by atoms with E-state index in [2.05, 4.69) is 10.6 Å². The van der Waals surface area contributed by atoms with Crippen molar-refractivity contribution < 1.29 is 19.1 Å². The van der Waals surface area contributed by atoms with E-state index in [1.165, 1.54) is 11.9 Å². The highest BCUT2D eigenvalue weighted by atomic mass is 35.5.